The van der Waals surface area contributed by atoms with Crippen molar-refractivity contribution in [3.63, 3.8) is 0 Å². The first kappa shape index (κ1) is 21.2. The number of hydrogen-bond acceptors (Lipinski definition) is 5. The Balaban J connectivity index is 2.15. The van der Waals surface area contributed by atoms with Crippen LogP contribution >= 0.6 is 23.4 Å². The Morgan fingerprint density at radius 2 is 2.07 bits per heavy atom. The molecule has 0 radical (unpaired) electrons. The molecule has 2 aromatic rings. The molecule has 2 rings (SSSR count). The average molecular weight is 411 g/mol. The normalized spacial score (nSPS) is 11.0. The number of halogens is 1. The molecule has 9 heteroatoms. The van der Waals surface area contributed by atoms with Crippen LogP contribution in [0.3, 0.4) is 0 Å². The SMILES string of the molecule is CCCn1c(SCC(=O)NC(=O)NCC(C)C)nc2cc(Cl)ccc2c1=O. The van der Waals surface area contributed by atoms with Crippen LogP contribution in [0.25, 0.3) is 10.9 Å². The molecule has 0 fully saturated rings. The number of hydrogen-bond donors (Lipinski definition) is 2. The molecule has 0 bridgehead atoms. The predicted molar refractivity (Wildman–Crippen MR) is 108 cm³/mol. The highest BCUT2D eigenvalue weighted by Crippen LogP contribution is 2.20. The van der Waals surface area contributed by atoms with E-state index >= 15 is 0 Å². The Bertz CT molecular complexity index is 898. The number of imide groups is 1. The zero-order valence-electron chi connectivity index (χ0n) is 15.5. The van der Waals surface area contributed by atoms with Crippen LogP contribution in [-0.2, 0) is 11.3 Å². The largest absolute Gasteiger partial charge is 0.338 e. The van der Waals surface area contributed by atoms with E-state index in [1.165, 1.54) is 0 Å². The van der Waals surface area contributed by atoms with Gasteiger partial charge in [-0.05, 0) is 30.5 Å². The molecule has 7 nitrogen and oxygen atoms in total. The Kier molecular flexibility index (Phi) is 7.67. The van der Waals surface area contributed by atoms with Crippen LogP contribution in [0.15, 0.2) is 28.2 Å². The number of thioether (sulfide) groups is 1. The number of nitrogens with one attached hydrogen (secondary N) is 2. The van der Waals surface area contributed by atoms with E-state index in [9.17, 15) is 14.4 Å². The van der Waals surface area contributed by atoms with Gasteiger partial charge in [-0.3, -0.25) is 19.5 Å². The third-order valence-electron chi connectivity index (χ3n) is 3.59. The minimum absolute atomic E-state index is 0.0304. The molecule has 1 aromatic heterocycles. The number of carbonyl (C=O) groups excluding carboxylic acids is 2. The fourth-order valence-corrected chi connectivity index (χ4v) is 3.33. The molecule has 0 spiro atoms. The summed E-state index contributed by atoms with van der Waals surface area (Å²) in [6, 6.07) is 4.40. The highest BCUT2D eigenvalue weighted by molar-refractivity contribution is 7.99. The van der Waals surface area contributed by atoms with E-state index in [0.717, 1.165) is 18.2 Å². The van der Waals surface area contributed by atoms with Crippen LogP contribution in [0.2, 0.25) is 5.02 Å². The van der Waals surface area contributed by atoms with Crippen molar-refractivity contribution >= 4 is 46.2 Å². The summed E-state index contributed by atoms with van der Waals surface area (Å²) in [5.41, 5.74) is 0.313. The fraction of sp³-hybridized carbons (Fsp3) is 0.444. The van der Waals surface area contributed by atoms with E-state index in [2.05, 4.69) is 15.6 Å². The first-order valence-corrected chi connectivity index (χ1v) is 10.1. The molecule has 1 heterocycles. The number of benzene rings is 1. The van der Waals surface area contributed by atoms with E-state index in [4.69, 9.17) is 11.6 Å². The summed E-state index contributed by atoms with van der Waals surface area (Å²) in [5.74, 6) is -0.195. The first-order chi connectivity index (χ1) is 12.8. The van der Waals surface area contributed by atoms with Gasteiger partial charge in [-0.15, -0.1) is 0 Å². The summed E-state index contributed by atoms with van der Waals surface area (Å²) in [6.07, 6.45) is 0.748. The summed E-state index contributed by atoms with van der Waals surface area (Å²) in [7, 11) is 0. The lowest BCUT2D eigenvalue weighted by Gasteiger charge is -2.12. The summed E-state index contributed by atoms with van der Waals surface area (Å²) >= 11 is 7.11. The van der Waals surface area contributed by atoms with Crippen molar-refractivity contribution in [3.8, 4) is 0 Å². The third kappa shape index (κ3) is 5.97. The van der Waals surface area contributed by atoms with Crippen LogP contribution < -0.4 is 16.2 Å². The van der Waals surface area contributed by atoms with Gasteiger partial charge < -0.3 is 5.32 Å². The topological polar surface area (TPSA) is 93.1 Å². The van der Waals surface area contributed by atoms with Gasteiger partial charge in [0.1, 0.15) is 0 Å². The Labute approximate surface area is 166 Å². The van der Waals surface area contributed by atoms with Gasteiger partial charge in [-0.1, -0.05) is 44.1 Å². The van der Waals surface area contributed by atoms with Crippen molar-refractivity contribution in [2.45, 2.75) is 38.9 Å². The molecule has 3 amide bonds. The number of fused-ring (bicyclic) bond motifs is 1. The van der Waals surface area contributed by atoms with Crippen molar-refractivity contribution in [3.05, 3.63) is 33.6 Å². The maximum Gasteiger partial charge on any atom is 0.321 e. The molecule has 0 atom stereocenters. The van der Waals surface area contributed by atoms with Crippen LogP contribution in [0.5, 0.6) is 0 Å². The van der Waals surface area contributed by atoms with Crippen LogP contribution in [0.1, 0.15) is 27.2 Å². The first-order valence-electron chi connectivity index (χ1n) is 8.72. The number of carbonyl (C=O) groups is 2. The molecule has 2 N–H and O–H groups in total. The van der Waals surface area contributed by atoms with Crippen molar-refractivity contribution in [1.29, 1.82) is 0 Å². The molecule has 27 heavy (non-hydrogen) atoms. The number of nitrogens with zero attached hydrogens (tertiary/aromatic N) is 2. The average Bonchev–Trinajstić information content (AvgIpc) is 2.60. The molecule has 0 aliphatic rings. The van der Waals surface area contributed by atoms with Crippen molar-refractivity contribution in [2.75, 3.05) is 12.3 Å². The van der Waals surface area contributed by atoms with E-state index in [1.54, 1.807) is 22.8 Å². The van der Waals surface area contributed by atoms with E-state index in [0.29, 0.717) is 34.2 Å². The smallest absolute Gasteiger partial charge is 0.321 e. The minimum atomic E-state index is -0.529. The standard InChI is InChI=1S/C18H23ClN4O3S/c1-4-7-23-16(25)13-6-5-12(19)8-14(13)21-18(23)27-10-15(24)22-17(26)20-9-11(2)3/h5-6,8,11H,4,7,9-10H2,1-3H3,(H2,20,22,24,26). The lowest BCUT2D eigenvalue weighted by atomic mass is 10.2. The Hall–Kier alpha value is -2.06. The van der Waals surface area contributed by atoms with E-state index in [1.807, 2.05) is 20.8 Å². The van der Waals surface area contributed by atoms with Gasteiger partial charge in [0, 0.05) is 18.1 Å². The van der Waals surface area contributed by atoms with Gasteiger partial charge in [0.2, 0.25) is 5.91 Å². The second-order valence-electron chi connectivity index (χ2n) is 6.45. The lowest BCUT2D eigenvalue weighted by Crippen LogP contribution is -2.41. The Morgan fingerprint density at radius 1 is 1.33 bits per heavy atom. The fourth-order valence-electron chi connectivity index (χ4n) is 2.34. The van der Waals surface area contributed by atoms with Crippen LogP contribution in [0.4, 0.5) is 4.79 Å². The molecule has 0 saturated heterocycles. The molecule has 146 valence electrons. The number of rotatable bonds is 7. The molecular formula is C18H23ClN4O3S. The number of urea groups is 1. The molecule has 0 aliphatic heterocycles. The monoisotopic (exact) mass is 410 g/mol. The van der Waals surface area contributed by atoms with Gasteiger partial charge in [0.15, 0.2) is 5.16 Å². The molecule has 0 unspecified atom stereocenters. The van der Waals surface area contributed by atoms with Crippen molar-refractivity contribution in [1.82, 2.24) is 20.2 Å². The quantitative estimate of drug-likeness (QED) is 0.540. The predicted octanol–water partition coefficient (Wildman–Crippen LogP) is 3.03. The maximum atomic E-state index is 12.7. The molecule has 0 saturated carbocycles. The Morgan fingerprint density at radius 3 is 2.74 bits per heavy atom. The summed E-state index contributed by atoms with van der Waals surface area (Å²) < 4.78 is 1.55. The summed E-state index contributed by atoms with van der Waals surface area (Å²) in [5, 5.41) is 6.28. The minimum Gasteiger partial charge on any atom is -0.338 e. The third-order valence-corrected chi connectivity index (χ3v) is 4.80. The van der Waals surface area contributed by atoms with E-state index < -0.39 is 11.9 Å². The van der Waals surface area contributed by atoms with E-state index in [-0.39, 0.29) is 17.2 Å². The maximum absolute atomic E-state index is 12.7. The molecule has 1 aromatic carbocycles. The van der Waals surface area contributed by atoms with Crippen molar-refractivity contribution < 1.29 is 9.59 Å². The van der Waals surface area contributed by atoms with Crippen LogP contribution in [-0.4, -0.2) is 33.8 Å². The highest BCUT2D eigenvalue weighted by atomic mass is 35.5. The second kappa shape index (κ2) is 9.75. The zero-order chi connectivity index (χ0) is 20.0. The molecule has 0 aliphatic carbocycles. The van der Waals surface area contributed by atoms with Gasteiger partial charge in [-0.25, -0.2) is 9.78 Å². The van der Waals surface area contributed by atoms with Gasteiger partial charge >= 0.3 is 6.03 Å². The van der Waals surface area contributed by atoms with Gasteiger partial charge in [-0.2, -0.15) is 0 Å². The zero-order valence-corrected chi connectivity index (χ0v) is 17.1. The summed E-state index contributed by atoms with van der Waals surface area (Å²) in [6.45, 7) is 6.85. The van der Waals surface area contributed by atoms with Crippen LogP contribution in [0, 0.1) is 5.92 Å². The lowest BCUT2D eigenvalue weighted by molar-refractivity contribution is -0.117. The summed E-state index contributed by atoms with van der Waals surface area (Å²) in [4.78, 5) is 40.9. The van der Waals surface area contributed by atoms with Gasteiger partial charge in [0.25, 0.3) is 5.56 Å². The number of aromatic nitrogens is 2. The van der Waals surface area contributed by atoms with Gasteiger partial charge in [0.05, 0.1) is 16.7 Å². The second-order valence-corrected chi connectivity index (χ2v) is 7.83. The van der Waals surface area contributed by atoms with Crippen molar-refractivity contribution in [2.24, 2.45) is 5.92 Å². The highest BCUT2D eigenvalue weighted by Gasteiger charge is 2.14. The number of amides is 3. The molecular weight excluding hydrogens is 388 g/mol.